The van der Waals surface area contributed by atoms with Crippen LogP contribution in [0.2, 0.25) is 5.15 Å². The standard InChI is InChI=1S/C21H29ClN8O3/c1-3-29-15-6-5-13(33-8-7-25-12-18(31)32)9-16(15)30(4-2)17(29)11-26-10-14-20(23)28-21(24)19(22)27-14/h5-6,9,25-26H,3-4,7-8,10-12H2,1-2H3,(H4-,23,24,28,31,32)/p+1. The first kappa shape index (κ1) is 24.5. The van der Waals surface area contributed by atoms with Gasteiger partial charge in [0.25, 0.3) is 5.82 Å². The smallest absolute Gasteiger partial charge is 0.317 e. The lowest BCUT2D eigenvalue weighted by Gasteiger charge is -2.08. The third-order valence-corrected chi connectivity index (χ3v) is 5.44. The maximum absolute atomic E-state index is 10.6. The van der Waals surface area contributed by atoms with Crippen LogP contribution < -0.4 is 31.4 Å². The zero-order valence-electron chi connectivity index (χ0n) is 18.8. The monoisotopic (exact) mass is 477 g/mol. The summed E-state index contributed by atoms with van der Waals surface area (Å²) in [5.41, 5.74) is 14.3. The van der Waals surface area contributed by atoms with Gasteiger partial charge in [-0.3, -0.25) is 4.79 Å². The van der Waals surface area contributed by atoms with Gasteiger partial charge in [0.1, 0.15) is 18.2 Å². The number of imidazole rings is 1. The topological polar surface area (TPSA) is 157 Å². The van der Waals surface area contributed by atoms with E-state index in [0.717, 1.165) is 35.7 Å². The molecule has 0 aliphatic heterocycles. The van der Waals surface area contributed by atoms with Crippen molar-refractivity contribution in [2.75, 3.05) is 31.2 Å². The predicted molar refractivity (Wildman–Crippen MR) is 126 cm³/mol. The fraction of sp³-hybridized carbons (Fsp3) is 0.429. The SMILES string of the molecule is CCn1c(CNCc2nc(Cl)c(N)nc2N)[n+](CC)c2ccc(OCCNCC(=O)O)cc21. The van der Waals surface area contributed by atoms with Crippen molar-refractivity contribution in [3.8, 4) is 5.75 Å². The molecule has 178 valence electrons. The number of nitrogens with one attached hydrogen (secondary N) is 2. The highest BCUT2D eigenvalue weighted by Crippen LogP contribution is 2.22. The van der Waals surface area contributed by atoms with E-state index in [1.165, 1.54) is 0 Å². The van der Waals surface area contributed by atoms with E-state index in [4.69, 9.17) is 32.9 Å². The highest BCUT2D eigenvalue weighted by atomic mass is 35.5. The fourth-order valence-electron chi connectivity index (χ4n) is 3.69. The Morgan fingerprint density at radius 3 is 2.70 bits per heavy atom. The second-order valence-corrected chi connectivity index (χ2v) is 7.67. The first-order chi connectivity index (χ1) is 15.8. The van der Waals surface area contributed by atoms with Crippen molar-refractivity contribution in [3.05, 3.63) is 34.9 Å². The summed E-state index contributed by atoms with van der Waals surface area (Å²) in [5, 5.41) is 15.0. The first-order valence-electron chi connectivity index (χ1n) is 10.7. The van der Waals surface area contributed by atoms with Gasteiger partial charge in [-0.05, 0) is 26.0 Å². The van der Waals surface area contributed by atoms with Gasteiger partial charge in [0.15, 0.2) is 22.0 Å². The molecule has 0 unspecified atom stereocenters. The van der Waals surface area contributed by atoms with E-state index in [0.29, 0.717) is 31.9 Å². The molecule has 0 saturated heterocycles. The summed E-state index contributed by atoms with van der Waals surface area (Å²) in [5.74, 6) is 1.31. The van der Waals surface area contributed by atoms with Gasteiger partial charge in [-0.1, -0.05) is 11.6 Å². The Hall–Kier alpha value is -3.15. The lowest BCUT2D eigenvalue weighted by Crippen LogP contribution is -2.39. The first-order valence-corrected chi connectivity index (χ1v) is 11.1. The molecule has 1 aromatic carbocycles. The highest BCUT2D eigenvalue weighted by molar-refractivity contribution is 6.31. The van der Waals surface area contributed by atoms with Crippen molar-refractivity contribution in [2.24, 2.45) is 0 Å². The normalized spacial score (nSPS) is 11.2. The second-order valence-electron chi connectivity index (χ2n) is 7.31. The van der Waals surface area contributed by atoms with Gasteiger partial charge in [-0.25, -0.2) is 19.1 Å². The van der Waals surface area contributed by atoms with Gasteiger partial charge >= 0.3 is 5.97 Å². The molecule has 11 nitrogen and oxygen atoms in total. The van der Waals surface area contributed by atoms with Crippen LogP contribution in [0.3, 0.4) is 0 Å². The molecule has 0 saturated carbocycles. The number of anilines is 2. The van der Waals surface area contributed by atoms with E-state index in [9.17, 15) is 4.79 Å². The van der Waals surface area contributed by atoms with Gasteiger partial charge < -0.3 is 31.9 Å². The Morgan fingerprint density at radius 2 is 2.00 bits per heavy atom. The van der Waals surface area contributed by atoms with Gasteiger partial charge in [-0.2, -0.15) is 0 Å². The van der Waals surface area contributed by atoms with E-state index in [1.807, 2.05) is 18.2 Å². The molecule has 3 rings (SSSR count). The number of carboxylic acid groups (broad SMARTS) is 1. The minimum atomic E-state index is -0.892. The minimum absolute atomic E-state index is 0.0895. The highest BCUT2D eigenvalue weighted by Gasteiger charge is 2.23. The van der Waals surface area contributed by atoms with Crippen molar-refractivity contribution in [3.63, 3.8) is 0 Å². The molecule has 0 bridgehead atoms. The number of halogens is 1. The third-order valence-electron chi connectivity index (χ3n) is 5.16. The van der Waals surface area contributed by atoms with Gasteiger partial charge in [0, 0.05) is 19.2 Å². The zero-order valence-corrected chi connectivity index (χ0v) is 19.5. The number of nitrogens with zero attached hydrogens (tertiary/aromatic N) is 4. The zero-order chi connectivity index (χ0) is 24.0. The summed E-state index contributed by atoms with van der Waals surface area (Å²) in [6.07, 6.45) is 0. The van der Waals surface area contributed by atoms with Crippen LogP contribution in [0.4, 0.5) is 11.6 Å². The minimum Gasteiger partial charge on any atom is -0.492 e. The fourth-order valence-corrected chi connectivity index (χ4v) is 3.83. The van der Waals surface area contributed by atoms with Crippen molar-refractivity contribution >= 4 is 40.2 Å². The number of hydrogen-bond donors (Lipinski definition) is 5. The lowest BCUT2D eigenvalue weighted by atomic mass is 10.3. The summed E-state index contributed by atoms with van der Waals surface area (Å²) < 4.78 is 10.3. The number of benzene rings is 1. The van der Waals surface area contributed by atoms with Crippen LogP contribution in [-0.2, 0) is 31.0 Å². The number of nitrogens with two attached hydrogens (primary N) is 2. The summed E-state index contributed by atoms with van der Waals surface area (Å²) in [6.45, 7) is 7.48. The van der Waals surface area contributed by atoms with Gasteiger partial charge in [0.2, 0.25) is 0 Å². The number of aromatic nitrogens is 4. The number of aliphatic carboxylic acids is 1. The quantitative estimate of drug-likeness (QED) is 0.189. The molecule has 33 heavy (non-hydrogen) atoms. The molecule has 0 atom stereocenters. The molecule has 0 radical (unpaired) electrons. The van der Waals surface area contributed by atoms with E-state index >= 15 is 0 Å². The number of fused-ring (bicyclic) bond motifs is 1. The Morgan fingerprint density at radius 1 is 1.21 bits per heavy atom. The van der Waals surface area contributed by atoms with E-state index < -0.39 is 5.97 Å². The molecule has 0 aliphatic carbocycles. The van der Waals surface area contributed by atoms with Crippen LogP contribution in [0.5, 0.6) is 5.75 Å². The summed E-state index contributed by atoms with van der Waals surface area (Å²) >= 11 is 5.98. The Bertz CT molecular complexity index is 1130. The summed E-state index contributed by atoms with van der Waals surface area (Å²) in [4.78, 5) is 18.8. The van der Waals surface area contributed by atoms with Crippen molar-refractivity contribution in [2.45, 2.75) is 40.0 Å². The van der Waals surface area contributed by atoms with Gasteiger partial charge in [-0.15, -0.1) is 0 Å². The van der Waals surface area contributed by atoms with Crippen LogP contribution in [-0.4, -0.2) is 45.3 Å². The Kier molecular flexibility index (Phi) is 8.26. The molecule has 0 fully saturated rings. The molecule has 2 aromatic heterocycles. The number of carboxylic acids is 1. The Labute approximate surface area is 196 Å². The molecular weight excluding hydrogens is 448 g/mol. The van der Waals surface area contributed by atoms with Crippen LogP contribution in [0, 0.1) is 0 Å². The molecular formula is C21H30ClN8O3+. The lowest BCUT2D eigenvalue weighted by molar-refractivity contribution is -0.676. The van der Waals surface area contributed by atoms with E-state index in [2.05, 4.69) is 43.6 Å². The molecule has 12 heteroatoms. The largest absolute Gasteiger partial charge is 0.492 e. The van der Waals surface area contributed by atoms with Gasteiger partial charge in [0.05, 0.1) is 31.9 Å². The maximum atomic E-state index is 10.6. The number of hydrogen-bond acceptors (Lipinski definition) is 8. The maximum Gasteiger partial charge on any atom is 0.317 e. The van der Waals surface area contributed by atoms with Crippen molar-refractivity contribution < 1.29 is 19.2 Å². The number of carbonyl (C=O) groups is 1. The van der Waals surface area contributed by atoms with Crippen LogP contribution in [0.15, 0.2) is 18.2 Å². The predicted octanol–water partition coefficient (Wildman–Crippen LogP) is 0.919. The summed E-state index contributed by atoms with van der Waals surface area (Å²) in [6, 6.07) is 5.97. The second kappa shape index (κ2) is 11.1. The van der Waals surface area contributed by atoms with Crippen molar-refractivity contribution in [1.82, 2.24) is 25.2 Å². The van der Waals surface area contributed by atoms with Crippen LogP contribution in [0.25, 0.3) is 11.0 Å². The molecule has 0 aliphatic rings. The molecule has 7 N–H and O–H groups in total. The summed E-state index contributed by atoms with van der Waals surface area (Å²) in [7, 11) is 0. The number of rotatable bonds is 12. The third kappa shape index (κ3) is 5.81. The number of nitrogen functional groups attached to an aromatic ring is 2. The molecule has 2 heterocycles. The number of ether oxygens (including phenoxy) is 1. The van der Waals surface area contributed by atoms with Crippen LogP contribution in [0.1, 0.15) is 25.4 Å². The molecule has 0 amide bonds. The molecule has 0 spiro atoms. The average Bonchev–Trinajstić information content (AvgIpc) is 3.08. The number of aryl methyl sites for hydroxylation is 2. The van der Waals surface area contributed by atoms with Crippen LogP contribution >= 0.6 is 11.6 Å². The van der Waals surface area contributed by atoms with Crippen molar-refractivity contribution in [1.29, 1.82) is 0 Å². The average molecular weight is 478 g/mol. The van der Waals surface area contributed by atoms with E-state index in [-0.39, 0.29) is 23.3 Å². The van der Waals surface area contributed by atoms with E-state index in [1.54, 1.807) is 0 Å². The Balaban J connectivity index is 1.75. The molecule has 3 aromatic rings.